The number of nitrogens with one attached hydrogen (secondary N) is 1. The quantitative estimate of drug-likeness (QED) is 0.664. The van der Waals surface area contributed by atoms with E-state index >= 15 is 0 Å². The highest BCUT2D eigenvalue weighted by Gasteiger charge is 2.33. The normalized spacial score (nSPS) is 18.2. The number of pyridine rings is 1. The molecular formula is C11H11BrN2O3. The third-order valence-corrected chi connectivity index (χ3v) is 2.92. The summed E-state index contributed by atoms with van der Waals surface area (Å²) in [5.41, 5.74) is 0.831. The highest BCUT2D eigenvalue weighted by molar-refractivity contribution is 9.10. The number of ether oxygens (including phenoxy) is 1. The van der Waals surface area contributed by atoms with Crippen LogP contribution in [0.15, 0.2) is 16.7 Å². The SMILES string of the molecule is CCOC(=O)C1Cc2cc(Br)cnc2NC1=O. The number of carbonyl (C=O) groups is 2. The standard InChI is InChI=1S/C11H11BrN2O3/c1-2-17-11(16)8-4-6-3-7(12)5-13-9(6)14-10(8)15/h3,5,8H,2,4H2,1H3,(H,13,14,15). The van der Waals surface area contributed by atoms with Crippen molar-refractivity contribution < 1.29 is 14.3 Å². The Kier molecular flexibility index (Phi) is 3.42. The van der Waals surface area contributed by atoms with E-state index in [1.807, 2.05) is 6.07 Å². The van der Waals surface area contributed by atoms with Crippen LogP contribution in [0.5, 0.6) is 0 Å². The van der Waals surface area contributed by atoms with Gasteiger partial charge in [0.25, 0.3) is 0 Å². The zero-order valence-corrected chi connectivity index (χ0v) is 10.8. The van der Waals surface area contributed by atoms with Crippen LogP contribution in [0.3, 0.4) is 0 Å². The molecule has 0 radical (unpaired) electrons. The van der Waals surface area contributed by atoms with Gasteiger partial charge in [0.05, 0.1) is 6.61 Å². The van der Waals surface area contributed by atoms with E-state index in [2.05, 4.69) is 26.2 Å². The smallest absolute Gasteiger partial charge is 0.318 e. The van der Waals surface area contributed by atoms with Gasteiger partial charge < -0.3 is 10.1 Å². The van der Waals surface area contributed by atoms with Crippen molar-refractivity contribution in [2.75, 3.05) is 11.9 Å². The molecule has 1 N–H and O–H groups in total. The maximum atomic E-state index is 11.7. The highest BCUT2D eigenvalue weighted by Crippen LogP contribution is 2.26. The summed E-state index contributed by atoms with van der Waals surface area (Å²) in [7, 11) is 0. The molecule has 0 spiro atoms. The number of amides is 1. The van der Waals surface area contributed by atoms with Crippen LogP contribution in [-0.4, -0.2) is 23.5 Å². The molecular weight excluding hydrogens is 288 g/mol. The average Bonchev–Trinajstić information content (AvgIpc) is 2.29. The molecule has 1 unspecified atom stereocenters. The second kappa shape index (κ2) is 4.83. The average molecular weight is 299 g/mol. The van der Waals surface area contributed by atoms with Crippen LogP contribution in [0.25, 0.3) is 0 Å². The third kappa shape index (κ3) is 2.46. The van der Waals surface area contributed by atoms with Gasteiger partial charge in [-0.15, -0.1) is 0 Å². The molecule has 0 saturated carbocycles. The van der Waals surface area contributed by atoms with E-state index in [-0.39, 0.29) is 12.5 Å². The Balaban J connectivity index is 2.25. The summed E-state index contributed by atoms with van der Waals surface area (Å²) in [6.45, 7) is 1.98. The maximum Gasteiger partial charge on any atom is 0.318 e. The van der Waals surface area contributed by atoms with Crippen LogP contribution < -0.4 is 5.32 Å². The van der Waals surface area contributed by atoms with Gasteiger partial charge in [-0.3, -0.25) is 9.59 Å². The van der Waals surface area contributed by atoms with Crippen molar-refractivity contribution >= 4 is 33.6 Å². The summed E-state index contributed by atoms with van der Waals surface area (Å²) in [5.74, 6) is -1.11. The van der Waals surface area contributed by atoms with Gasteiger partial charge in [0.1, 0.15) is 11.7 Å². The summed E-state index contributed by atoms with van der Waals surface area (Å²) < 4.78 is 5.68. The summed E-state index contributed by atoms with van der Waals surface area (Å²) in [6.07, 6.45) is 1.93. The monoisotopic (exact) mass is 298 g/mol. The van der Waals surface area contributed by atoms with Crippen molar-refractivity contribution in [3.05, 3.63) is 22.3 Å². The number of hydrogen-bond acceptors (Lipinski definition) is 4. The molecule has 1 aromatic heterocycles. The Morgan fingerprint density at radius 1 is 1.71 bits per heavy atom. The Bertz CT molecular complexity index is 476. The lowest BCUT2D eigenvalue weighted by Gasteiger charge is -2.22. The van der Waals surface area contributed by atoms with E-state index in [0.717, 1.165) is 10.0 Å². The number of esters is 1. The van der Waals surface area contributed by atoms with Crippen LogP contribution in [0.2, 0.25) is 0 Å². The number of fused-ring (bicyclic) bond motifs is 1. The second-order valence-electron chi connectivity index (χ2n) is 3.66. The highest BCUT2D eigenvalue weighted by atomic mass is 79.9. The molecule has 1 aliphatic rings. The van der Waals surface area contributed by atoms with Gasteiger partial charge in [0.2, 0.25) is 5.91 Å². The van der Waals surface area contributed by atoms with E-state index in [9.17, 15) is 9.59 Å². The van der Waals surface area contributed by atoms with Crippen LogP contribution in [-0.2, 0) is 20.7 Å². The first-order valence-electron chi connectivity index (χ1n) is 5.23. The Hall–Kier alpha value is -1.43. The van der Waals surface area contributed by atoms with Crippen LogP contribution in [0, 0.1) is 5.92 Å². The van der Waals surface area contributed by atoms with Gasteiger partial charge in [-0.05, 0) is 40.9 Å². The van der Waals surface area contributed by atoms with Gasteiger partial charge in [-0.25, -0.2) is 4.98 Å². The van der Waals surface area contributed by atoms with E-state index in [0.29, 0.717) is 12.2 Å². The first-order chi connectivity index (χ1) is 8.11. The fourth-order valence-corrected chi connectivity index (χ4v) is 2.08. The van der Waals surface area contributed by atoms with E-state index < -0.39 is 11.9 Å². The molecule has 1 amide bonds. The number of anilines is 1. The van der Waals surface area contributed by atoms with Crippen molar-refractivity contribution in [3.8, 4) is 0 Å². The fraction of sp³-hybridized carbons (Fsp3) is 0.364. The second-order valence-corrected chi connectivity index (χ2v) is 4.57. The molecule has 2 heterocycles. The van der Waals surface area contributed by atoms with Gasteiger partial charge in [-0.1, -0.05) is 0 Å². The third-order valence-electron chi connectivity index (χ3n) is 2.49. The lowest BCUT2D eigenvalue weighted by Crippen LogP contribution is -2.37. The van der Waals surface area contributed by atoms with E-state index in [1.54, 1.807) is 13.1 Å². The fourth-order valence-electron chi connectivity index (χ4n) is 1.70. The maximum absolute atomic E-state index is 11.7. The topological polar surface area (TPSA) is 68.3 Å². The predicted molar refractivity (Wildman–Crippen MR) is 64.4 cm³/mol. The molecule has 17 heavy (non-hydrogen) atoms. The summed E-state index contributed by atoms with van der Waals surface area (Å²) >= 11 is 3.30. The lowest BCUT2D eigenvalue weighted by atomic mass is 9.95. The summed E-state index contributed by atoms with van der Waals surface area (Å²) in [6, 6.07) is 1.84. The van der Waals surface area contributed by atoms with Crippen molar-refractivity contribution in [1.82, 2.24) is 4.98 Å². The molecule has 0 bridgehead atoms. The molecule has 90 valence electrons. The first-order valence-corrected chi connectivity index (χ1v) is 6.03. The number of hydrogen-bond donors (Lipinski definition) is 1. The van der Waals surface area contributed by atoms with Gasteiger partial charge in [0, 0.05) is 10.7 Å². The molecule has 0 saturated heterocycles. The Morgan fingerprint density at radius 2 is 2.47 bits per heavy atom. The van der Waals surface area contributed by atoms with Crippen LogP contribution in [0.1, 0.15) is 12.5 Å². The molecule has 1 atom stereocenters. The van der Waals surface area contributed by atoms with Crippen molar-refractivity contribution in [2.24, 2.45) is 5.92 Å². The zero-order chi connectivity index (χ0) is 12.4. The lowest BCUT2D eigenvalue weighted by molar-refractivity contribution is -0.151. The van der Waals surface area contributed by atoms with Crippen LogP contribution in [0.4, 0.5) is 5.82 Å². The minimum Gasteiger partial charge on any atom is -0.465 e. The number of rotatable bonds is 2. The molecule has 0 aliphatic carbocycles. The Labute approximate surface area is 107 Å². The molecule has 2 rings (SSSR count). The number of carbonyl (C=O) groups excluding carboxylic acids is 2. The van der Waals surface area contributed by atoms with Gasteiger partial charge >= 0.3 is 5.97 Å². The molecule has 6 heteroatoms. The predicted octanol–water partition coefficient (Wildman–Crippen LogP) is 1.52. The number of halogens is 1. The van der Waals surface area contributed by atoms with Crippen molar-refractivity contribution in [2.45, 2.75) is 13.3 Å². The molecule has 1 aliphatic heterocycles. The minimum atomic E-state index is -0.779. The summed E-state index contributed by atoms with van der Waals surface area (Å²) in [4.78, 5) is 27.4. The molecule has 0 aromatic carbocycles. The number of aromatic nitrogens is 1. The van der Waals surface area contributed by atoms with Gasteiger partial charge in [-0.2, -0.15) is 0 Å². The number of nitrogens with zero attached hydrogens (tertiary/aromatic N) is 1. The molecule has 0 fully saturated rings. The molecule has 1 aromatic rings. The van der Waals surface area contributed by atoms with E-state index in [4.69, 9.17) is 4.74 Å². The van der Waals surface area contributed by atoms with Crippen LogP contribution >= 0.6 is 15.9 Å². The van der Waals surface area contributed by atoms with Gasteiger partial charge in [0.15, 0.2) is 0 Å². The summed E-state index contributed by atoms with van der Waals surface area (Å²) in [5, 5.41) is 2.60. The van der Waals surface area contributed by atoms with E-state index in [1.165, 1.54) is 0 Å². The minimum absolute atomic E-state index is 0.270. The zero-order valence-electron chi connectivity index (χ0n) is 9.20. The molecule has 5 nitrogen and oxygen atoms in total. The van der Waals surface area contributed by atoms with Crippen molar-refractivity contribution in [3.63, 3.8) is 0 Å². The first kappa shape index (κ1) is 12.0. The largest absolute Gasteiger partial charge is 0.465 e. The van der Waals surface area contributed by atoms with Crippen molar-refractivity contribution in [1.29, 1.82) is 0 Å². The Morgan fingerprint density at radius 3 is 3.18 bits per heavy atom.